The van der Waals surface area contributed by atoms with Crippen LogP contribution >= 0.6 is 0 Å². The smallest absolute Gasteiger partial charge is 0.301 e. The van der Waals surface area contributed by atoms with Gasteiger partial charge in [0.1, 0.15) is 23.1 Å². The van der Waals surface area contributed by atoms with Crippen molar-refractivity contribution in [3.8, 4) is 5.75 Å². The molecule has 7 nitrogen and oxygen atoms in total. The number of hydrogen-bond acceptors (Lipinski definition) is 6. The van der Waals surface area contributed by atoms with Gasteiger partial charge >= 0.3 is 5.91 Å². The molecule has 0 spiro atoms. The lowest BCUT2D eigenvalue weighted by Gasteiger charge is -2.23. The Balaban J connectivity index is 1.92. The minimum Gasteiger partial charge on any atom is -0.507 e. The number of nitrogens with zero attached hydrogens (tertiary/aromatic N) is 2. The highest BCUT2D eigenvalue weighted by atomic mass is 19.1. The van der Waals surface area contributed by atoms with E-state index < -0.39 is 29.3 Å². The van der Waals surface area contributed by atoms with E-state index in [-0.39, 0.29) is 17.0 Å². The largest absolute Gasteiger partial charge is 0.507 e. The second-order valence-electron chi connectivity index (χ2n) is 6.74. The summed E-state index contributed by atoms with van der Waals surface area (Å²) in [7, 11) is 1.52. The fourth-order valence-corrected chi connectivity index (χ4v) is 3.40. The standard InChI is InChI=1S/C22H17FN2O5/c1-12-11-17(24-30-12)25-19(13-5-9-16(29-2)10-6-13)18(21(27)22(25)28)20(26)14-3-7-15(23)8-4-14/h3-11,19,26H,1-2H3/t19-/m0/s1. The van der Waals surface area contributed by atoms with Gasteiger partial charge in [-0.3, -0.25) is 14.5 Å². The number of carbonyl (C=O) groups is 2. The molecule has 0 bridgehead atoms. The predicted octanol–water partition coefficient (Wildman–Crippen LogP) is 3.76. The molecule has 1 aliphatic rings. The highest BCUT2D eigenvalue weighted by Crippen LogP contribution is 2.42. The number of benzene rings is 2. The first-order valence-electron chi connectivity index (χ1n) is 9.05. The molecule has 1 saturated heterocycles. The van der Waals surface area contributed by atoms with Crippen LogP contribution in [0.1, 0.15) is 22.9 Å². The molecule has 2 aromatic carbocycles. The molecule has 0 unspecified atom stereocenters. The average Bonchev–Trinajstić information content (AvgIpc) is 3.29. The van der Waals surface area contributed by atoms with Crippen molar-refractivity contribution in [2.45, 2.75) is 13.0 Å². The number of ketones is 1. The summed E-state index contributed by atoms with van der Waals surface area (Å²) >= 11 is 0. The van der Waals surface area contributed by atoms with E-state index in [0.717, 1.165) is 12.1 Å². The highest BCUT2D eigenvalue weighted by Gasteiger charge is 2.48. The van der Waals surface area contributed by atoms with E-state index in [1.807, 2.05) is 0 Å². The molecule has 30 heavy (non-hydrogen) atoms. The van der Waals surface area contributed by atoms with Gasteiger partial charge in [0.05, 0.1) is 18.7 Å². The number of rotatable bonds is 4. The maximum Gasteiger partial charge on any atom is 0.301 e. The summed E-state index contributed by atoms with van der Waals surface area (Å²) in [6.45, 7) is 1.66. The summed E-state index contributed by atoms with van der Waals surface area (Å²) in [5.74, 6) is -1.43. The lowest BCUT2D eigenvalue weighted by Crippen LogP contribution is -2.29. The number of halogens is 1. The Morgan fingerprint density at radius 2 is 1.80 bits per heavy atom. The quantitative estimate of drug-likeness (QED) is 0.401. The first-order chi connectivity index (χ1) is 14.4. The van der Waals surface area contributed by atoms with Gasteiger partial charge < -0.3 is 14.4 Å². The van der Waals surface area contributed by atoms with Crippen molar-refractivity contribution in [1.82, 2.24) is 5.16 Å². The van der Waals surface area contributed by atoms with Crippen LogP contribution in [-0.4, -0.2) is 29.1 Å². The summed E-state index contributed by atoms with van der Waals surface area (Å²) in [6.07, 6.45) is 0. The first-order valence-corrected chi connectivity index (χ1v) is 9.05. The summed E-state index contributed by atoms with van der Waals surface area (Å²) in [5.41, 5.74) is 0.640. The van der Waals surface area contributed by atoms with Crippen LogP contribution in [0.25, 0.3) is 5.76 Å². The van der Waals surface area contributed by atoms with E-state index >= 15 is 0 Å². The molecule has 2 heterocycles. The third-order valence-electron chi connectivity index (χ3n) is 4.86. The van der Waals surface area contributed by atoms with Crippen LogP contribution in [0.4, 0.5) is 10.2 Å². The molecule has 3 aromatic rings. The summed E-state index contributed by atoms with van der Waals surface area (Å²) < 4.78 is 23.6. The van der Waals surface area contributed by atoms with Gasteiger partial charge in [-0.05, 0) is 48.9 Å². The zero-order valence-corrected chi connectivity index (χ0v) is 16.1. The van der Waals surface area contributed by atoms with E-state index in [9.17, 15) is 19.1 Å². The summed E-state index contributed by atoms with van der Waals surface area (Å²) in [4.78, 5) is 27.0. The van der Waals surface area contributed by atoms with E-state index in [4.69, 9.17) is 9.26 Å². The Hall–Kier alpha value is -3.94. The van der Waals surface area contributed by atoms with Crippen molar-refractivity contribution < 1.29 is 28.3 Å². The molecule has 1 N–H and O–H groups in total. The first kappa shape index (κ1) is 19.4. The molecule has 152 valence electrons. The summed E-state index contributed by atoms with van der Waals surface area (Å²) in [5, 5.41) is 14.8. The number of anilines is 1. The number of hydrogen-bond donors (Lipinski definition) is 1. The van der Waals surface area contributed by atoms with Crippen molar-refractivity contribution in [2.75, 3.05) is 12.0 Å². The second-order valence-corrected chi connectivity index (χ2v) is 6.74. The number of aliphatic hydroxyl groups excluding tert-OH is 1. The van der Waals surface area contributed by atoms with Gasteiger partial charge in [0.2, 0.25) is 0 Å². The van der Waals surface area contributed by atoms with Crippen LogP contribution in [0.3, 0.4) is 0 Å². The molecule has 1 aliphatic heterocycles. The number of aliphatic hydroxyl groups is 1. The van der Waals surface area contributed by atoms with Gasteiger partial charge in [-0.25, -0.2) is 4.39 Å². The van der Waals surface area contributed by atoms with Crippen molar-refractivity contribution in [2.24, 2.45) is 0 Å². The Labute approximate surface area is 171 Å². The van der Waals surface area contributed by atoms with Crippen molar-refractivity contribution in [1.29, 1.82) is 0 Å². The molecule has 0 saturated carbocycles. The number of aryl methyl sites for hydroxylation is 1. The molecule has 1 fully saturated rings. The third-order valence-corrected chi connectivity index (χ3v) is 4.86. The van der Waals surface area contributed by atoms with Crippen LogP contribution in [-0.2, 0) is 9.59 Å². The molecule has 4 rings (SSSR count). The Morgan fingerprint density at radius 1 is 1.13 bits per heavy atom. The topological polar surface area (TPSA) is 92.9 Å². The molecule has 1 aromatic heterocycles. The second kappa shape index (κ2) is 7.47. The molecule has 8 heteroatoms. The van der Waals surface area contributed by atoms with Crippen LogP contribution in [0.2, 0.25) is 0 Å². The Kier molecular flexibility index (Phi) is 4.83. The fraction of sp³-hybridized carbons (Fsp3) is 0.136. The summed E-state index contributed by atoms with van der Waals surface area (Å²) in [6, 6.07) is 12.3. The van der Waals surface area contributed by atoms with E-state index in [0.29, 0.717) is 17.1 Å². The number of Topliss-reactive ketones (excluding diaryl/α,β-unsaturated/α-hetero) is 1. The van der Waals surface area contributed by atoms with Gasteiger partial charge in [0.15, 0.2) is 5.82 Å². The molecule has 0 aliphatic carbocycles. The van der Waals surface area contributed by atoms with Crippen molar-refractivity contribution >= 4 is 23.3 Å². The van der Waals surface area contributed by atoms with Crippen LogP contribution in [0.5, 0.6) is 5.75 Å². The van der Waals surface area contributed by atoms with E-state index in [2.05, 4.69) is 5.16 Å². The van der Waals surface area contributed by atoms with Gasteiger partial charge in [-0.1, -0.05) is 17.3 Å². The SMILES string of the molecule is COc1ccc([C@H]2C(=C(O)c3ccc(F)cc3)C(=O)C(=O)N2c2cc(C)on2)cc1. The normalized spacial score (nSPS) is 18.1. The number of ether oxygens (including phenoxy) is 1. The molecule has 1 atom stereocenters. The Bertz CT molecular complexity index is 1150. The predicted molar refractivity (Wildman–Crippen MR) is 105 cm³/mol. The van der Waals surface area contributed by atoms with Gasteiger partial charge in [-0.15, -0.1) is 0 Å². The average molecular weight is 408 g/mol. The van der Waals surface area contributed by atoms with Gasteiger partial charge in [0, 0.05) is 11.6 Å². The maximum atomic E-state index is 13.3. The molecular weight excluding hydrogens is 391 g/mol. The van der Waals surface area contributed by atoms with Crippen molar-refractivity contribution in [3.63, 3.8) is 0 Å². The highest BCUT2D eigenvalue weighted by molar-refractivity contribution is 6.51. The van der Waals surface area contributed by atoms with Crippen molar-refractivity contribution in [3.05, 3.63) is 82.9 Å². The number of carbonyl (C=O) groups excluding carboxylic acids is 2. The fourth-order valence-electron chi connectivity index (χ4n) is 3.40. The van der Waals surface area contributed by atoms with Gasteiger partial charge in [0.25, 0.3) is 5.78 Å². The third kappa shape index (κ3) is 3.22. The van der Waals surface area contributed by atoms with E-state index in [1.165, 1.54) is 30.2 Å². The lowest BCUT2D eigenvalue weighted by molar-refractivity contribution is -0.132. The molecule has 0 radical (unpaired) electrons. The lowest BCUT2D eigenvalue weighted by atomic mass is 9.95. The maximum absolute atomic E-state index is 13.3. The number of methoxy groups -OCH3 is 1. The molecule has 1 amide bonds. The minimum absolute atomic E-state index is 0.127. The van der Waals surface area contributed by atoms with E-state index in [1.54, 1.807) is 31.2 Å². The van der Waals surface area contributed by atoms with Crippen LogP contribution in [0.15, 0.2) is 64.7 Å². The number of aromatic nitrogens is 1. The monoisotopic (exact) mass is 408 g/mol. The minimum atomic E-state index is -0.953. The van der Waals surface area contributed by atoms with Crippen LogP contribution < -0.4 is 9.64 Å². The zero-order chi connectivity index (χ0) is 21.4. The molecular formula is C22H17FN2O5. The zero-order valence-electron chi connectivity index (χ0n) is 16.1. The number of amides is 1. The Morgan fingerprint density at radius 3 is 2.37 bits per heavy atom. The van der Waals surface area contributed by atoms with Gasteiger partial charge in [-0.2, -0.15) is 0 Å². The van der Waals surface area contributed by atoms with Crippen LogP contribution in [0, 0.1) is 12.7 Å².